The number of nitrogens with one attached hydrogen (secondary N) is 1. The number of fused-ring (bicyclic) bond motifs is 1. The topological polar surface area (TPSA) is 39.7 Å². The van der Waals surface area contributed by atoms with Gasteiger partial charge < -0.3 is 19.5 Å². The first-order chi connectivity index (χ1) is 10.7. The van der Waals surface area contributed by atoms with Crippen LogP contribution in [0, 0.1) is 6.92 Å². The Morgan fingerprint density at radius 3 is 2.59 bits per heavy atom. The molecule has 0 spiro atoms. The molecule has 1 unspecified atom stereocenters. The largest absolute Gasteiger partial charge is 0.495 e. The van der Waals surface area contributed by atoms with Crippen molar-refractivity contribution in [3.63, 3.8) is 0 Å². The van der Waals surface area contributed by atoms with E-state index in [9.17, 15) is 0 Å². The molecule has 22 heavy (non-hydrogen) atoms. The lowest BCUT2D eigenvalue weighted by Crippen LogP contribution is -2.16. The SMILES string of the molecule is COc1ccc(C)cc1NC(C)c1ccc2c(c1)OCCO2. The molecule has 1 aliphatic heterocycles. The molecule has 0 saturated heterocycles. The summed E-state index contributed by atoms with van der Waals surface area (Å²) in [7, 11) is 1.69. The highest BCUT2D eigenvalue weighted by Gasteiger charge is 2.15. The molecule has 1 aliphatic rings. The first-order valence-corrected chi connectivity index (χ1v) is 7.48. The molecule has 1 N–H and O–H groups in total. The monoisotopic (exact) mass is 299 g/mol. The quantitative estimate of drug-likeness (QED) is 0.928. The summed E-state index contributed by atoms with van der Waals surface area (Å²) in [6.45, 7) is 5.40. The Balaban J connectivity index is 1.82. The molecule has 116 valence electrons. The highest BCUT2D eigenvalue weighted by atomic mass is 16.6. The standard InChI is InChI=1S/C18H21NO3/c1-12-4-6-16(20-3)15(10-12)19-13(2)14-5-7-17-18(11-14)22-9-8-21-17/h4-7,10-11,13,19H,8-9H2,1-3H3. The van der Waals surface area contributed by atoms with Gasteiger partial charge in [0.25, 0.3) is 0 Å². The lowest BCUT2D eigenvalue weighted by Gasteiger charge is -2.22. The van der Waals surface area contributed by atoms with Gasteiger partial charge in [-0.1, -0.05) is 12.1 Å². The summed E-state index contributed by atoms with van der Waals surface area (Å²) in [6.07, 6.45) is 0. The van der Waals surface area contributed by atoms with Gasteiger partial charge in [0.15, 0.2) is 11.5 Å². The second-order valence-electron chi connectivity index (χ2n) is 5.47. The normalized spacial score (nSPS) is 14.3. The predicted molar refractivity (Wildman–Crippen MR) is 87.2 cm³/mol. The molecule has 0 amide bonds. The van der Waals surface area contributed by atoms with Crippen molar-refractivity contribution in [3.05, 3.63) is 47.5 Å². The summed E-state index contributed by atoms with van der Waals surface area (Å²) in [4.78, 5) is 0. The van der Waals surface area contributed by atoms with Crippen molar-refractivity contribution in [1.82, 2.24) is 0 Å². The van der Waals surface area contributed by atoms with Crippen LogP contribution in [0.15, 0.2) is 36.4 Å². The van der Waals surface area contributed by atoms with E-state index in [1.807, 2.05) is 24.3 Å². The Bertz CT molecular complexity index is 669. The van der Waals surface area contributed by atoms with Gasteiger partial charge in [-0.25, -0.2) is 0 Å². The average molecular weight is 299 g/mol. The number of hydrogen-bond acceptors (Lipinski definition) is 4. The van der Waals surface area contributed by atoms with Crippen LogP contribution in [0.5, 0.6) is 17.2 Å². The summed E-state index contributed by atoms with van der Waals surface area (Å²) < 4.78 is 16.6. The maximum atomic E-state index is 5.65. The van der Waals surface area contributed by atoms with E-state index in [4.69, 9.17) is 14.2 Å². The lowest BCUT2D eigenvalue weighted by atomic mass is 10.1. The summed E-state index contributed by atoms with van der Waals surface area (Å²) in [5.41, 5.74) is 3.33. The summed E-state index contributed by atoms with van der Waals surface area (Å²) in [5, 5.41) is 3.50. The van der Waals surface area contributed by atoms with Crippen LogP contribution in [0.25, 0.3) is 0 Å². The molecule has 2 aromatic rings. The predicted octanol–water partition coefficient (Wildman–Crippen LogP) is 3.95. The third kappa shape index (κ3) is 2.96. The van der Waals surface area contributed by atoms with Crippen LogP contribution in [0.1, 0.15) is 24.1 Å². The van der Waals surface area contributed by atoms with Crippen molar-refractivity contribution in [2.45, 2.75) is 19.9 Å². The van der Waals surface area contributed by atoms with Gasteiger partial charge in [0.1, 0.15) is 19.0 Å². The molecule has 0 bridgehead atoms. The molecule has 0 fully saturated rings. The number of ether oxygens (including phenoxy) is 3. The fourth-order valence-electron chi connectivity index (χ4n) is 2.58. The first kappa shape index (κ1) is 14.6. The van der Waals surface area contributed by atoms with E-state index in [1.54, 1.807) is 7.11 Å². The maximum Gasteiger partial charge on any atom is 0.161 e. The molecule has 2 aromatic carbocycles. The van der Waals surface area contributed by atoms with E-state index < -0.39 is 0 Å². The van der Waals surface area contributed by atoms with Crippen LogP contribution in [-0.4, -0.2) is 20.3 Å². The van der Waals surface area contributed by atoms with Crippen molar-refractivity contribution in [1.29, 1.82) is 0 Å². The maximum absolute atomic E-state index is 5.65. The summed E-state index contributed by atoms with van der Waals surface area (Å²) in [5.74, 6) is 2.47. The van der Waals surface area contributed by atoms with Gasteiger partial charge in [-0.05, 0) is 49.2 Å². The van der Waals surface area contributed by atoms with Gasteiger partial charge in [0.05, 0.1) is 12.8 Å². The number of anilines is 1. The Hall–Kier alpha value is -2.36. The van der Waals surface area contributed by atoms with Gasteiger partial charge in [0.2, 0.25) is 0 Å². The molecule has 1 heterocycles. The molecule has 1 atom stereocenters. The fraction of sp³-hybridized carbons (Fsp3) is 0.333. The van der Waals surface area contributed by atoms with Crippen LogP contribution in [0.3, 0.4) is 0 Å². The van der Waals surface area contributed by atoms with E-state index in [2.05, 4.69) is 31.3 Å². The van der Waals surface area contributed by atoms with Crippen molar-refractivity contribution in [2.24, 2.45) is 0 Å². The van der Waals surface area contributed by atoms with Crippen LogP contribution in [-0.2, 0) is 0 Å². The molecule has 0 radical (unpaired) electrons. The Morgan fingerprint density at radius 2 is 1.82 bits per heavy atom. The second-order valence-corrected chi connectivity index (χ2v) is 5.47. The van der Waals surface area contributed by atoms with E-state index in [1.165, 1.54) is 5.56 Å². The van der Waals surface area contributed by atoms with Crippen LogP contribution < -0.4 is 19.5 Å². The molecular formula is C18H21NO3. The highest BCUT2D eigenvalue weighted by molar-refractivity contribution is 5.59. The molecule has 0 aliphatic carbocycles. The minimum Gasteiger partial charge on any atom is -0.495 e. The van der Waals surface area contributed by atoms with E-state index >= 15 is 0 Å². The third-order valence-corrected chi connectivity index (χ3v) is 3.79. The summed E-state index contributed by atoms with van der Waals surface area (Å²) >= 11 is 0. The number of aryl methyl sites for hydroxylation is 1. The molecule has 4 nitrogen and oxygen atoms in total. The lowest BCUT2D eigenvalue weighted by molar-refractivity contribution is 0.171. The van der Waals surface area contributed by atoms with Crippen molar-refractivity contribution >= 4 is 5.69 Å². The zero-order chi connectivity index (χ0) is 15.5. The Kier molecular flexibility index (Phi) is 4.09. The Labute approximate surface area is 131 Å². The van der Waals surface area contributed by atoms with Gasteiger partial charge in [-0.2, -0.15) is 0 Å². The van der Waals surface area contributed by atoms with Crippen LogP contribution >= 0.6 is 0 Å². The molecule has 4 heteroatoms. The molecular weight excluding hydrogens is 278 g/mol. The van der Waals surface area contributed by atoms with Gasteiger partial charge in [0, 0.05) is 6.04 Å². The van der Waals surface area contributed by atoms with E-state index in [-0.39, 0.29) is 6.04 Å². The van der Waals surface area contributed by atoms with Gasteiger partial charge >= 0.3 is 0 Å². The van der Waals surface area contributed by atoms with Crippen LogP contribution in [0.2, 0.25) is 0 Å². The minimum absolute atomic E-state index is 0.131. The molecule has 3 rings (SSSR count). The van der Waals surface area contributed by atoms with Gasteiger partial charge in [-0.3, -0.25) is 0 Å². The van der Waals surface area contributed by atoms with Gasteiger partial charge in [-0.15, -0.1) is 0 Å². The average Bonchev–Trinajstić information content (AvgIpc) is 2.54. The number of benzene rings is 2. The fourth-order valence-corrected chi connectivity index (χ4v) is 2.58. The van der Waals surface area contributed by atoms with E-state index in [0.717, 1.165) is 28.5 Å². The third-order valence-electron chi connectivity index (χ3n) is 3.79. The number of methoxy groups -OCH3 is 1. The zero-order valence-electron chi connectivity index (χ0n) is 13.2. The van der Waals surface area contributed by atoms with Crippen LogP contribution in [0.4, 0.5) is 5.69 Å². The summed E-state index contributed by atoms with van der Waals surface area (Å²) in [6, 6.07) is 12.3. The van der Waals surface area contributed by atoms with Crippen molar-refractivity contribution in [2.75, 3.05) is 25.6 Å². The number of hydrogen-bond donors (Lipinski definition) is 1. The molecule has 0 aromatic heterocycles. The first-order valence-electron chi connectivity index (χ1n) is 7.48. The smallest absolute Gasteiger partial charge is 0.161 e. The highest BCUT2D eigenvalue weighted by Crippen LogP contribution is 2.34. The minimum atomic E-state index is 0.131. The Morgan fingerprint density at radius 1 is 1.05 bits per heavy atom. The second kappa shape index (κ2) is 6.18. The number of rotatable bonds is 4. The van der Waals surface area contributed by atoms with Crippen molar-refractivity contribution < 1.29 is 14.2 Å². The molecule has 0 saturated carbocycles. The zero-order valence-corrected chi connectivity index (χ0v) is 13.2. The van der Waals surface area contributed by atoms with Crippen molar-refractivity contribution in [3.8, 4) is 17.2 Å². The van der Waals surface area contributed by atoms with E-state index in [0.29, 0.717) is 13.2 Å².